The Bertz CT molecular complexity index is 1020. The molecular formula is C20H21BrF4N4O3. The topological polar surface area (TPSA) is 103 Å². The van der Waals surface area contributed by atoms with E-state index in [0.717, 1.165) is 13.0 Å². The van der Waals surface area contributed by atoms with Crippen molar-refractivity contribution in [3.63, 3.8) is 0 Å². The van der Waals surface area contributed by atoms with Crippen LogP contribution in [0.1, 0.15) is 48.3 Å². The standard InChI is InChI=1S/C20H21BrF4N4O3/c1-9(8-30)27-18-14(6-13(21)7-26-18)19(32)28-10(2)12-4-15(20(23,24)25)17(22)16(5-12)29-11(3)31/h4-7,9-10,30H,8H2,1-3H3,(H,26,27)(H,28,32)(H,29,31)/t9-,10-/m1/s1. The molecule has 0 saturated heterocycles. The molecule has 4 N–H and O–H groups in total. The van der Waals surface area contributed by atoms with Crippen LogP contribution in [0.4, 0.5) is 29.1 Å². The van der Waals surface area contributed by atoms with E-state index in [0.29, 0.717) is 10.5 Å². The molecule has 0 bridgehead atoms. The number of nitrogens with one attached hydrogen (secondary N) is 3. The number of aromatic nitrogens is 1. The first-order chi connectivity index (χ1) is 14.8. The van der Waals surface area contributed by atoms with Crippen LogP contribution in [0.15, 0.2) is 28.9 Å². The van der Waals surface area contributed by atoms with Crippen LogP contribution in [0, 0.1) is 5.82 Å². The van der Waals surface area contributed by atoms with Crippen molar-refractivity contribution in [2.75, 3.05) is 17.2 Å². The quantitative estimate of drug-likeness (QED) is 0.409. The molecule has 1 aromatic heterocycles. The van der Waals surface area contributed by atoms with Gasteiger partial charge in [0, 0.05) is 23.6 Å². The normalized spacial score (nSPS) is 13.3. The third-order valence-corrected chi connectivity index (χ3v) is 4.75. The fourth-order valence-corrected chi connectivity index (χ4v) is 3.08. The van der Waals surface area contributed by atoms with Crippen LogP contribution in [0.3, 0.4) is 0 Å². The Morgan fingerprint density at radius 1 is 1.22 bits per heavy atom. The highest BCUT2D eigenvalue weighted by atomic mass is 79.9. The van der Waals surface area contributed by atoms with E-state index < -0.39 is 47.1 Å². The van der Waals surface area contributed by atoms with Gasteiger partial charge in [-0.15, -0.1) is 0 Å². The first-order valence-electron chi connectivity index (χ1n) is 9.35. The van der Waals surface area contributed by atoms with Crippen LogP contribution >= 0.6 is 15.9 Å². The van der Waals surface area contributed by atoms with E-state index in [4.69, 9.17) is 0 Å². The Hall–Kier alpha value is -2.73. The maximum absolute atomic E-state index is 14.3. The number of aliphatic hydroxyl groups excluding tert-OH is 1. The van der Waals surface area contributed by atoms with Gasteiger partial charge in [0.2, 0.25) is 5.91 Å². The van der Waals surface area contributed by atoms with E-state index in [-0.39, 0.29) is 23.6 Å². The van der Waals surface area contributed by atoms with Gasteiger partial charge in [0.1, 0.15) is 5.82 Å². The summed E-state index contributed by atoms with van der Waals surface area (Å²) in [4.78, 5) is 28.2. The lowest BCUT2D eigenvalue weighted by Gasteiger charge is -2.20. The molecular weight excluding hydrogens is 500 g/mol. The molecule has 2 aromatic rings. The van der Waals surface area contributed by atoms with E-state index in [1.807, 2.05) is 5.32 Å². The second-order valence-corrected chi connectivity index (χ2v) is 8.00. The van der Waals surface area contributed by atoms with Gasteiger partial charge >= 0.3 is 6.18 Å². The van der Waals surface area contributed by atoms with Crippen LogP contribution < -0.4 is 16.0 Å². The van der Waals surface area contributed by atoms with Gasteiger partial charge in [-0.05, 0) is 53.5 Å². The number of nitrogens with zero attached hydrogens (tertiary/aromatic N) is 1. The smallest absolute Gasteiger partial charge is 0.394 e. The summed E-state index contributed by atoms with van der Waals surface area (Å²) in [6, 6.07) is 1.66. The monoisotopic (exact) mass is 520 g/mol. The summed E-state index contributed by atoms with van der Waals surface area (Å²) >= 11 is 3.20. The van der Waals surface area contributed by atoms with Crippen molar-refractivity contribution in [2.45, 2.75) is 39.0 Å². The maximum Gasteiger partial charge on any atom is 0.419 e. The molecule has 7 nitrogen and oxygen atoms in total. The highest BCUT2D eigenvalue weighted by Gasteiger charge is 2.36. The third-order valence-electron chi connectivity index (χ3n) is 4.31. The summed E-state index contributed by atoms with van der Waals surface area (Å²) in [5, 5.41) is 16.7. The average molecular weight is 521 g/mol. The van der Waals surface area contributed by atoms with Crippen molar-refractivity contribution in [1.29, 1.82) is 0 Å². The predicted molar refractivity (Wildman–Crippen MR) is 114 cm³/mol. The number of halogens is 5. The highest BCUT2D eigenvalue weighted by Crippen LogP contribution is 2.36. The molecule has 0 saturated carbocycles. The molecule has 0 spiro atoms. The number of rotatable bonds is 7. The molecule has 1 aromatic carbocycles. The van der Waals surface area contributed by atoms with Gasteiger partial charge in [0.25, 0.3) is 5.91 Å². The van der Waals surface area contributed by atoms with Crippen molar-refractivity contribution in [3.8, 4) is 0 Å². The van der Waals surface area contributed by atoms with E-state index in [1.165, 1.54) is 19.2 Å². The average Bonchev–Trinajstić information content (AvgIpc) is 2.69. The van der Waals surface area contributed by atoms with Crippen LogP contribution in [0.2, 0.25) is 0 Å². The van der Waals surface area contributed by atoms with E-state index in [1.54, 1.807) is 6.92 Å². The molecule has 1 heterocycles. The lowest BCUT2D eigenvalue weighted by Crippen LogP contribution is -2.29. The molecule has 2 amide bonds. The first kappa shape index (κ1) is 25.5. The molecule has 12 heteroatoms. The third kappa shape index (κ3) is 6.39. The van der Waals surface area contributed by atoms with E-state index >= 15 is 0 Å². The van der Waals surface area contributed by atoms with Crippen LogP contribution in [-0.2, 0) is 11.0 Å². The number of anilines is 2. The summed E-state index contributed by atoms with van der Waals surface area (Å²) in [7, 11) is 0. The molecule has 0 aliphatic heterocycles. The zero-order valence-electron chi connectivity index (χ0n) is 17.3. The second kappa shape index (κ2) is 10.3. The Labute approximate surface area is 189 Å². The number of hydrogen-bond acceptors (Lipinski definition) is 5. The number of alkyl halides is 3. The van der Waals surface area contributed by atoms with E-state index in [2.05, 4.69) is 31.5 Å². The molecule has 2 rings (SSSR count). The van der Waals surface area contributed by atoms with Crippen molar-refractivity contribution in [2.24, 2.45) is 0 Å². The summed E-state index contributed by atoms with van der Waals surface area (Å²) in [5.74, 6) is -2.87. The second-order valence-electron chi connectivity index (χ2n) is 7.08. The predicted octanol–water partition coefficient (Wildman–Crippen LogP) is 4.24. The van der Waals surface area contributed by atoms with Crippen molar-refractivity contribution >= 4 is 39.2 Å². The van der Waals surface area contributed by atoms with Crippen molar-refractivity contribution in [1.82, 2.24) is 10.3 Å². The number of hydrogen-bond donors (Lipinski definition) is 4. The Kier molecular flexibility index (Phi) is 8.18. The van der Waals surface area contributed by atoms with Gasteiger partial charge < -0.3 is 21.1 Å². The van der Waals surface area contributed by atoms with Crippen LogP contribution in [-0.4, -0.2) is 34.6 Å². The van der Waals surface area contributed by atoms with Gasteiger partial charge in [-0.3, -0.25) is 9.59 Å². The molecule has 0 unspecified atom stereocenters. The fraction of sp³-hybridized carbons (Fsp3) is 0.350. The van der Waals surface area contributed by atoms with Gasteiger partial charge in [0.05, 0.1) is 29.5 Å². The molecule has 2 atom stereocenters. The fourth-order valence-electron chi connectivity index (χ4n) is 2.75. The molecule has 0 aliphatic rings. The molecule has 0 aliphatic carbocycles. The number of carbonyl (C=O) groups is 2. The Balaban J connectivity index is 2.40. The number of amides is 2. The zero-order chi connectivity index (χ0) is 24.2. The minimum atomic E-state index is -5.01. The molecule has 174 valence electrons. The number of aliphatic hydroxyl groups is 1. The molecule has 0 radical (unpaired) electrons. The van der Waals surface area contributed by atoms with Crippen LogP contribution in [0.25, 0.3) is 0 Å². The van der Waals surface area contributed by atoms with Gasteiger partial charge in [-0.2, -0.15) is 13.2 Å². The van der Waals surface area contributed by atoms with Gasteiger partial charge in [-0.1, -0.05) is 0 Å². The first-order valence-corrected chi connectivity index (χ1v) is 10.1. The Morgan fingerprint density at radius 3 is 2.44 bits per heavy atom. The van der Waals surface area contributed by atoms with Crippen LogP contribution in [0.5, 0.6) is 0 Å². The maximum atomic E-state index is 14.3. The molecule has 0 fully saturated rings. The Morgan fingerprint density at radius 2 is 1.88 bits per heavy atom. The summed E-state index contributed by atoms with van der Waals surface area (Å²) in [6.07, 6.45) is -3.58. The zero-order valence-corrected chi connectivity index (χ0v) is 18.9. The lowest BCUT2D eigenvalue weighted by atomic mass is 10.0. The van der Waals surface area contributed by atoms with Crippen molar-refractivity contribution < 1.29 is 32.3 Å². The van der Waals surface area contributed by atoms with Gasteiger partial charge in [-0.25, -0.2) is 9.37 Å². The summed E-state index contributed by atoms with van der Waals surface area (Å²) in [6.45, 7) is 3.89. The summed E-state index contributed by atoms with van der Waals surface area (Å²) < 4.78 is 54.7. The lowest BCUT2D eigenvalue weighted by molar-refractivity contribution is -0.140. The number of pyridine rings is 1. The molecule has 32 heavy (non-hydrogen) atoms. The highest BCUT2D eigenvalue weighted by molar-refractivity contribution is 9.10. The summed E-state index contributed by atoms with van der Waals surface area (Å²) in [5.41, 5.74) is -2.21. The SMILES string of the molecule is CC(=O)Nc1cc([C@@H](C)NC(=O)c2cc(Br)cnc2N[C@H](C)CO)cc(C(F)(F)F)c1F. The van der Waals surface area contributed by atoms with E-state index in [9.17, 15) is 32.3 Å². The minimum absolute atomic E-state index is 0.0722. The minimum Gasteiger partial charge on any atom is -0.394 e. The number of carbonyl (C=O) groups excluding carboxylic acids is 2. The van der Waals surface area contributed by atoms with Crippen molar-refractivity contribution in [3.05, 3.63) is 51.4 Å². The largest absolute Gasteiger partial charge is 0.419 e. The number of benzene rings is 1. The van der Waals surface area contributed by atoms with Gasteiger partial charge in [0.15, 0.2) is 5.82 Å².